The molecule has 6 nitrogen and oxygen atoms in total. The maximum atomic E-state index is 10.7. The number of hydrogen-bond acceptors (Lipinski definition) is 5. The minimum Gasteiger partial charge on any atom is -0.388 e. The molecule has 1 saturated heterocycles. The van der Waals surface area contributed by atoms with Crippen LogP contribution >= 0.6 is 0 Å². The van der Waals surface area contributed by atoms with Crippen molar-refractivity contribution in [2.75, 3.05) is 19.6 Å². The quantitative estimate of drug-likeness (QED) is 0.901. The second-order valence-electron chi connectivity index (χ2n) is 6.36. The van der Waals surface area contributed by atoms with E-state index in [-0.39, 0.29) is 0 Å². The first kappa shape index (κ1) is 14.4. The molecule has 6 heteroatoms. The zero-order valence-electron chi connectivity index (χ0n) is 13.0. The van der Waals surface area contributed by atoms with E-state index in [4.69, 9.17) is 0 Å². The third-order valence-corrected chi connectivity index (χ3v) is 4.57. The van der Waals surface area contributed by atoms with Crippen molar-refractivity contribution < 1.29 is 5.11 Å². The summed E-state index contributed by atoms with van der Waals surface area (Å²) in [5.74, 6) is 0.879. The van der Waals surface area contributed by atoms with Crippen molar-refractivity contribution in [3.63, 3.8) is 0 Å². The lowest BCUT2D eigenvalue weighted by Crippen LogP contribution is -2.49. The first-order valence-corrected chi connectivity index (χ1v) is 8.07. The Labute approximate surface area is 135 Å². The number of nitrogens with one attached hydrogen (secondary N) is 1. The van der Waals surface area contributed by atoms with Crippen LogP contribution in [-0.2, 0) is 6.54 Å². The summed E-state index contributed by atoms with van der Waals surface area (Å²) < 4.78 is 1.86. The van der Waals surface area contributed by atoms with Gasteiger partial charge in [-0.2, -0.15) is 5.10 Å². The summed E-state index contributed by atoms with van der Waals surface area (Å²) >= 11 is 0. The Morgan fingerprint density at radius 2 is 1.96 bits per heavy atom. The third-order valence-electron chi connectivity index (χ3n) is 4.57. The number of hydrogen-bond donors (Lipinski definition) is 2. The molecular weight excluding hydrogens is 290 g/mol. The summed E-state index contributed by atoms with van der Waals surface area (Å²) in [5.41, 5.74) is 1.48. The topological polar surface area (TPSA) is 65.7 Å². The summed E-state index contributed by atoms with van der Waals surface area (Å²) in [5, 5.41) is 18.4. The Hall–Kier alpha value is -2.18. The molecule has 23 heavy (non-hydrogen) atoms. The normalized spacial score (nSPS) is 19.6. The van der Waals surface area contributed by atoms with Gasteiger partial charge in [-0.25, -0.2) is 9.67 Å². The third kappa shape index (κ3) is 2.87. The Morgan fingerprint density at radius 1 is 1.17 bits per heavy atom. The van der Waals surface area contributed by atoms with Gasteiger partial charge in [-0.3, -0.25) is 0 Å². The van der Waals surface area contributed by atoms with Crippen LogP contribution in [0.3, 0.4) is 0 Å². The van der Waals surface area contributed by atoms with Crippen LogP contribution in [0.4, 0.5) is 5.82 Å². The first-order valence-electron chi connectivity index (χ1n) is 8.07. The van der Waals surface area contributed by atoms with Gasteiger partial charge in [0.2, 0.25) is 0 Å². The van der Waals surface area contributed by atoms with Gasteiger partial charge in [-0.1, -0.05) is 18.2 Å². The fourth-order valence-electron chi connectivity index (χ4n) is 3.30. The number of para-hydroxylation sites is 1. The molecule has 0 saturated carbocycles. The molecule has 1 fully saturated rings. The number of aliphatic imine (C=N–C) groups is 1. The minimum absolute atomic E-state index is 0.619. The van der Waals surface area contributed by atoms with Crippen LogP contribution in [0, 0.1) is 0 Å². The average Bonchev–Trinajstić information content (AvgIpc) is 2.99. The van der Waals surface area contributed by atoms with E-state index in [9.17, 15) is 5.11 Å². The van der Waals surface area contributed by atoms with E-state index in [0.717, 1.165) is 49.5 Å². The molecule has 0 atom stereocenters. The molecule has 0 radical (unpaired) electrons. The van der Waals surface area contributed by atoms with E-state index >= 15 is 0 Å². The van der Waals surface area contributed by atoms with E-state index in [1.165, 1.54) is 0 Å². The summed E-state index contributed by atoms with van der Waals surface area (Å²) in [6.07, 6.45) is 5.28. The molecular formula is C17H21N5O. The van der Waals surface area contributed by atoms with Crippen molar-refractivity contribution in [2.45, 2.75) is 25.0 Å². The molecule has 3 heterocycles. The van der Waals surface area contributed by atoms with Gasteiger partial charge >= 0.3 is 0 Å². The molecule has 0 spiro atoms. The zero-order valence-corrected chi connectivity index (χ0v) is 13.0. The lowest BCUT2D eigenvalue weighted by Gasteiger charge is -2.37. The first-order chi connectivity index (χ1) is 11.2. The molecule has 2 aliphatic rings. The van der Waals surface area contributed by atoms with Crippen LogP contribution in [-0.4, -0.2) is 51.4 Å². The highest BCUT2D eigenvalue weighted by molar-refractivity contribution is 5.66. The van der Waals surface area contributed by atoms with Gasteiger partial charge in [-0.15, -0.1) is 0 Å². The predicted molar refractivity (Wildman–Crippen MR) is 89.2 cm³/mol. The second kappa shape index (κ2) is 5.79. The fraction of sp³-hybridized carbons (Fsp3) is 0.412. The highest BCUT2D eigenvalue weighted by atomic mass is 16.3. The van der Waals surface area contributed by atoms with E-state index < -0.39 is 5.60 Å². The molecule has 2 N–H and O–H groups in total. The number of aromatic nitrogens is 2. The van der Waals surface area contributed by atoms with Crippen molar-refractivity contribution in [3.8, 4) is 5.69 Å². The maximum Gasteiger partial charge on any atom is 0.162 e. The molecule has 2 aromatic rings. The van der Waals surface area contributed by atoms with Crippen molar-refractivity contribution in [1.82, 2.24) is 20.0 Å². The molecule has 0 bridgehead atoms. The van der Waals surface area contributed by atoms with Crippen molar-refractivity contribution in [2.24, 2.45) is 4.99 Å². The monoisotopic (exact) mass is 311 g/mol. The number of β-amino-alcohol motifs (C(OH)–C–C–N with tert-alkyl or cyclic N) is 1. The van der Waals surface area contributed by atoms with Crippen LogP contribution in [0.1, 0.15) is 18.4 Å². The molecule has 1 aromatic heterocycles. The molecule has 4 rings (SSSR count). The lowest BCUT2D eigenvalue weighted by molar-refractivity contribution is -0.00748. The van der Waals surface area contributed by atoms with Gasteiger partial charge in [0.25, 0.3) is 0 Å². The summed E-state index contributed by atoms with van der Waals surface area (Å²) in [6, 6.07) is 10.0. The van der Waals surface area contributed by atoms with Gasteiger partial charge in [-0.05, 0) is 38.1 Å². The fourth-order valence-corrected chi connectivity index (χ4v) is 3.30. The van der Waals surface area contributed by atoms with Gasteiger partial charge in [0.15, 0.2) is 5.82 Å². The minimum atomic E-state index is -0.621. The Balaban J connectivity index is 1.53. The SMILES string of the molecule is OC1(CN2C=Nc3c(cnn3-c3ccccc3)C2)CCNCC1. The van der Waals surface area contributed by atoms with Gasteiger partial charge in [0.05, 0.1) is 23.8 Å². The molecule has 0 amide bonds. The van der Waals surface area contributed by atoms with Gasteiger partial charge < -0.3 is 15.3 Å². The Kier molecular flexibility index (Phi) is 3.63. The number of aliphatic hydroxyl groups is 1. The van der Waals surface area contributed by atoms with E-state index in [0.29, 0.717) is 6.54 Å². The smallest absolute Gasteiger partial charge is 0.162 e. The molecule has 0 aliphatic carbocycles. The molecule has 1 aromatic carbocycles. The van der Waals surface area contributed by atoms with E-state index in [1.807, 2.05) is 47.5 Å². The molecule has 2 aliphatic heterocycles. The van der Waals surface area contributed by atoms with Crippen molar-refractivity contribution in [1.29, 1.82) is 0 Å². The van der Waals surface area contributed by atoms with E-state index in [1.54, 1.807) is 0 Å². The number of benzene rings is 1. The standard InChI is InChI=1S/C17H21N5O/c23-17(6-8-18-9-7-17)12-21-11-14-10-20-22(16(14)19-13-21)15-4-2-1-3-5-15/h1-5,10,13,18,23H,6-9,11-12H2. The van der Waals surface area contributed by atoms with Crippen molar-refractivity contribution >= 4 is 12.2 Å². The number of nitrogens with zero attached hydrogens (tertiary/aromatic N) is 4. The summed E-state index contributed by atoms with van der Waals surface area (Å²) in [4.78, 5) is 6.67. The van der Waals surface area contributed by atoms with Crippen LogP contribution in [0.25, 0.3) is 5.69 Å². The predicted octanol–water partition coefficient (Wildman–Crippen LogP) is 1.46. The maximum absolute atomic E-state index is 10.7. The van der Waals surface area contributed by atoms with Crippen LogP contribution in [0.2, 0.25) is 0 Å². The van der Waals surface area contributed by atoms with Crippen LogP contribution < -0.4 is 5.32 Å². The summed E-state index contributed by atoms with van der Waals surface area (Å²) in [7, 11) is 0. The zero-order chi connectivity index (χ0) is 15.7. The number of piperidine rings is 1. The van der Waals surface area contributed by atoms with Crippen molar-refractivity contribution in [3.05, 3.63) is 42.1 Å². The highest BCUT2D eigenvalue weighted by Gasteiger charge is 2.32. The Morgan fingerprint density at radius 3 is 2.74 bits per heavy atom. The largest absolute Gasteiger partial charge is 0.388 e. The number of fused-ring (bicyclic) bond motifs is 1. The Bertz CT molecular complexity index is 703. The second-order valence-corrected chi connectivity index (χ2v) is 6.36. The molecule has 0 unspecified atom stereocenters. The summed E-state index contributed by atoms with van der Waals surface area (Å²) in [6.45, 7) is 3.10. The average molecular weight is 311 g/mol. The van der Waals surface area contributed by atoms with Gasteiger partial charge in [0.1, 0.15) is 0 Å². The highest BCUT2D eigenvalue weighted by Crippen LogP contribution is 2.28. The van der Waals surface area contributed by atoms with Gasteiger partial charge in [0, 0.05) is 18.7 Å². The van der Waals surface area contributed by atoms with Crippen LogP contribution in [0.5, 0.6) is 0 Å². The van der Waals surface area contributed by atoms with Crippen LogP contribution in [0.15, 0.2) is 41.5 Å². The molecule has 120 valence electrons. The van der Waals surface area contributed by atoms with E-state index in [2.05, 4.69) is 20.3 Å². The lowest BCUT2D eigenvalue weighted by atomic mass is 9.92. The number of rotatable bonds is 3.